The van der Waals surface area contributed by atoms with Gasteiger partial charge in [-0.2, -0.15) is 0 Å². The number of benzene rings is 1. The molecule has 2 rings (SSSR count). The molecular weight excluding hydrogens is 256 g/mol. The number of amides is 1. The van der Waals surface area contributed by atoms with Crippen molar-refractivity contribution in [1.29, 1.82) is 0 Å². The SMILES string of the molecule is O=C(NCCc1ccccc1)C(=S)NC1CCCC1. The van der Waals surface area contributed by atoms with Gasteiger partial charge in [-0.1, -0.05) is 55.4 Å². The monoisotopic (exact) mass is 276 g/mol. The van der Waals surface area contributed by atoms with Gasteiger partial charge in [0.05, 0.1) is 0 Å². The highest BCUT2D eigenvalue weighted by atomic mass is 32.1. The normalized spacial score (nSPS) is 15.2. The number of hydrogen-bond donors (Lipinski definition) is 2. The molecule has 19 heavy (non-hydrogen) atoms. The molecular formula is C15H20N2OS. The van der Waals surface area contributed by atoms with Gasteiger partial charge < -0.3 is 10.6 Å². The number of carbonyl (C=O) groups excluding carboxylic acids is 1. The van der Waals surface area contributed by atoms with Gasteiger partial charge in [-0.15, -0.1) is 0 Å². The van der Waals surface area contributed by atoms with Crippen LogP contribution in [0.1, 0.15) is 31.2 Å². The standard InChI is InChI=1S/C15H20N2OS/c18-14(15(19)17-13-8-4-5-9-13)16-11-10-12-6-2-1-3-7-12/h1-3,6-7,13H,4-5,8-11H2,(H,16,18)(H,17,19). The summed E-state index contributed by atoms with van der Waals surface area (Å²) in [5.41, 5.74) is 1.22. The Bertz CT molecular complexity index is 427. The Morgan fingerprint density at radius 2 is 1.89 bits per heavy atom. The molecule has 1 aromatic rings. The predicted molar refractivity (Wildman–Crippen MR) is 81.1 cm³/mol. The molecule has 1 fully saturated rings. The van der Waals surface area contributed by atoms with Crippen molar-refractivity contribution in [3.05, 3.63) is 35.9 Å². The number of nitrogens with one attached hydrogen (secondary N) is 2. The lowest BCUT2D eigenvalue weighted by Gasteiger charge is -2.14. The minimum atomic E-state index is -0.155. The maximum absolute atomic E-state index is 11.8. The zero-order valence-corrected chi connectivity index (χ0v) is 11.8. The van der Waals surface area contributed by atoms with Gasteiger partial charge in [0.2, 0.25) is 0 Å². The lowest BCUT2D eigenvalue weighted by atomic mass is 10.1. The van der Waals surface area contributed by atoms with E-state index in [4.69, 9.17) is 12.2 Å². The third-order valence-electron chi connectivity index (χ3n) is 3.44. The van der Waals surface area contributed by atoms with Crippen LogP contribution in [0, 0.1) is 0 Å². The second kappa shape index (κ2) is 7.24. The zero-order chi connectivity index (χ0) is 13.5. The van der Waals surface area contributed by atoms with Crippen LogP contribution < -0.4 is 10.6 Å². The van der Waals surface area contributed by atoms with E-state index in [0.29, 0.717) is 17.6 Å². The molecule has 0 aromatic heterocycles. The molecule has 1 aliphatic rings. The molecule has 0 atom stereocenters. The minimum absolute atomic E-state index is 0.155. The Morgan fingerprint density at radius 3 is 2.58 bits per heavy atom. The number of thiocarbonyl (C=S) groups is 1. The van der Waals surface area contributed by atoms with E-state index < -0.39 is 0 Å². The van der Waals surface area contributed by atoms with Crippen LogP contribution in [0.15, 0.2) is 30.3 Å². The fourth-order valence-corrected chi connectivity index (χ4v) is 2.61. The highest BCUT2D eigenvalue weighted by Gasteiger charge is 2.18. The van der Waals surface area contributed by atoms with E-state index in [2.05, 4.69) is 22.8 Å². The Labute approximate surface area is 119 Å². The average molecular weight is 276 g/mol. The van der Waals surface area contributed by atoms with Gasteiger partial charge in [-0.25, -0.2) is 0 Å². The first kappa shape index (κ1) is 14.0. The van der Waals surface area contributed by atoms with Crippen molar-refractivity contribution in [3.8, 4) is 0 Å². The second-order valence-electron chi connectivity index (χ2n) is 4.95. The van der Waals surface area contributed by atoms with Gasteiger partial charge in [0, 0.05) is 12.6 Å². The maximum Gasteiger partial charge on any atom is 0.278 e. The van der Waals surface area contributed by atoms with Crippen LogP contribution >= 0.6 is 12.2 Å². The molecule has 2 N–H and O–H groups in total. The maximum atomic E-state index is 11.8. The molecule has 0 heterocycles. The van der Waals surface area contributed by atoms with Gasteiger partial charge in [-0.05, 0) is 24.8 Å². The summed E-state index contributed by atoms with van der Waals surface area (Å²) >= 11 is 5.12. The van der Waals surface area contributed by atoms with Gasteiger partial charge in [0.15, 0.2) is 4.99 Å². The predicted octanol–water partition coefficient (Wildman–Crippen LogP) is 2.20. The number of carbonyl (C=O) groups is 1. The summed E-state index contributed by atoms with van der Waals surface area (Å²) in [6.45, 7) is 0.620. The van der Waals surface area contributed by atoms with Gasteiger partial charge >= 0.3 is 0 Å². The Morgan fingerprint density at radius 1 is 1.21 bits per heavy atom. The van der Waals surface area contributed by atoms with E-state index >= 15 is 0 Å². The van der Waals surface area contributed by atoms with Crippen LogP contribution in [-0.4, -0.2) is 23.5 Å². The summed E-state index contributed by atoms with van der Waals surface area (Å²) in [6, 6.07) is 10.5. The lowest BCUT2D eigenvalue weighted by Crippen LogP contribution is -2.43. The minimum Gasteiger partial charge on any atom is -0.369 e. The first-order valence-electron chi connectivity index (χ1n) is 6.88. The van der Waals surface area contributed by atoms with Crippen molar-refractivity contribution in [2.24, 2.45) is 0 Å². The lowest BCUT2D eigenvalue weighted by molar-refractivity contribution is -0.114. The van der Waals surface area contributed by atoms with Crippen LogP contribution in [0.25, 0.3) is 0 Å². The first-order valence-corrected chi connectivity index (χ1v) is 7.29. The number of hydrogen-bond acceptors (Lipinski definition) is 2. The molecule has 0 saturated heterocycles. The van der Waals surface area contributed by atoms with Crippen LogP contribution in [0.2, 0.25) is 0 Å². The van der Waals surface area contributed by atoms with Crippen molar-refractivity contribution in [2.75, 3.05) is 6.54 Å². The van der Waals surface area contributed by atoms with E-state index in [1.54, 1.807) is 0 Å². The van der Waals surface area contributed by atoms with Crippen molar-refractivity contribution in [3.63, 3.8) is 0 Å². The summed E-state index contributed by atoms with van der Waals surface area (Å²) in [5, 5.41) is 6.01. The van der Waals surface area contributed by atoms with Crippen molar-refractivity contribution >= 4 is 23.1 Å². The first-order chi connectivity index (χ1) is 9.25. The van der Waals surface area contributed by atoms with E-state index in [9.17, 15) is 4.79 Å². The van der Waals surface area contributed by atoms with Crippen LogP contribution in [0.4, 0.5) is 0 Å². The number of rotatable bonds is 4. The van der Waals surface area contributed by atoms with Gasteiger partial charge in [0.25, 0.3) is 5.91 Å². The van der Waals surface area contributed by atoms with E-state index in [-0.39, 0.29) is 5.91 Å². The van der Waals surface area contributed by atoms with Crippen molar-refractivity contribution in [2.45, 2.75) is 38.1 Å². The quantitative estimate of drug-likeness (QED) is 0.828. The fourth-order valence-electron chi connectivity index (χ4n) is 2.37. The highest BCUT2D eigenvalue weighted by molar-refractivity contribution is 7.82. The van der Waals surface area contributed by atoms with E-state index in [1.165, 1.54) is 18.4 Å². The Kier molecular flexibility index (Phi) is 5.33. The molecule has 102 valence electrons. The smallest absolute Gasteiger partial charge is 0.278 e. The van der Waals surface area contributed by atoms with Crippen LogP contribution in [0.3, 0.4) is 0 Å². The summed E-state index contributed by atoms with van der Waals surface area (Å²) in [7, 11) is 0. The zero-order valence-electron chi connectivity index (χ0n) is 11.0. The second-order valence-corrected chi connectivity index (χ2v) is 5.35. The topological polar surface area (TPSA) is 41.1 Å². The molecule has 0 unspecified atom stereocenters. The molecule has 1 aliphatic carbocycles. The van der Waals surface area contributed by atoms with Crippen LogP contribution in [0.5, 0.6) is 0 Å². The molecule has 4 heteroatoms. The molecule has 1 amide bonds. The Hall–Kier alpha value is -1.42. The molecule has 1 aromatic carbocycles. The molecule has 0 bridgehead atoms. The third kappa shape index (κ3) is 4.63. The molecule has 0 radical (unpaired) electrons. The molecule has 0 aliphatic heterocycles. The van der Waals surface area contributed by atoms with Crippen molar-refractivity contribution in [1.82, 2.24) is 10.6 Å². The van der Waals surface area contributed by atoms with Crippen molar-refractivity contribution < 1.29 is 4.79 Å². The third-order valence-corrected chi connectivity index (χ3v) is 3.74. The molecule has 3 nitrogen and oxygen atoms in total. The largest absolute Gasteiger partial charge is 0.369 e. The summed E-state index contributed by atoms with van der Waals surface area (Å²) < 4.78 is 0. The Balaban J connectivity index is 1.67. The van der Waals surface area contributed by atoms with E-state index in [1.807, 2.05) is 18.2 Å². The molecule has 1 saturated carbocycles. The van der Waals surface area contributed by atoms with E-state index in [0.717, 1.165) is 19.3 Å². The van der Waals surface area contributed by atoms with Crippen LogP contribution in [-0.2, 0) is 11.2 Å². The van der Waals surface area contributed by atoms with Gasteiger partial charge in [0.1, 0.15) is 0 Å². The average Bonchev–Trinajstić information content (AvgIpc) is 2.92. The van der Waals surface area contributed by atoms with Gasteiger partial charge in [-0.3, -0.25) is 4.79 Å². The fraction of sp³-hybridized carbons (Fsp3) is 0.467. The summed E-state index contributed by atoms with van der Waals surface area (Å²) in [5.74, 6) is -0.155. The molecule has 0 spiro atoms. The highest BCUT2D eigenvalue weighted by Crippen LogP contribution is 2.17. The summed E-state index contributed by atoms with van der Waals surface area (Å²) in [4.78, 5) is 12.1. The summed E-state index contributed by atoms with van der Waals surface area (Å²) in [6.07, 6.45) is 5.54.